The van der Waals surface area contributed by atoms with Gasteiger partial charge in [0, 0.05) is 5.39 Å². The van der Waals surface area contributed by atoms with Crippen LogP contribution in [0, 0.1) is 0 Å². The van der Waals surface area contributed by atoms with Crippen molar-refractivity contribution in [1.82, 2.24) is 10.2 Å². The molecule has 0 saturated heterocycles. The average molecular weight is 295 g/mol. The summed E-state index contributed by atoms with van der Waals surface area (Å²) in [4.78, 5) is 12.1. The Morgan fingerprint density at radius 2 is 1.95 bits per heavy atom. The molecule has 22 heavy (non-hydrogen) atoms. The van der Waals surface area contributed by atoms with Crippen molar-refractivity contribution >= 4 is 22.9 Å². The summed E-state index contributed by atoms with van der Waals surface area (Å²) in [6.45, 7) is 0. The Labute approximate surface area is 123 Å². The minimum atomic E-state index is -0.467. The van der Waals surface area contributed by atoms with Gasteiger partial charge >= 0.3 is 6.01 Å². The number of hydrogen-bond donors (Lipinski definition) is 1. The van der Waals surface area contributed by atoms with Gasteiger partial charge in [-0.05, 0) is 24.3 Å². The third-order valence-electron chi connectivity index (χ3n) is 3.03. The number of hydrogen-bond acceptors (Lipinski definition) is 6. The zero-order chi connectivity index (χ0) is 14.9. The molecule has 4 rings (SSSR count). The molecule has 3 heterocycles. The first-order valence-electron chi connectivity index (χ1n) is 6.47. The Morgan fingerprint density at radius 1 is 1.05 bits per heavy atom. The molecule has 0 unspecified atom stereocenters. The minimum absolute atomic E-state index is 0.0307. The van der Waals surface area contributed by atoms with Gasteiger partial charge in [-0.2, -0.15) is 0 Å². The minimum Gasteiger partial charge on any atom is -0.459 e. The van der Waals surface area contributed by atoms with Crippen LogP contribution in [0.25, 0.3) is 22.6 Å². The van der Waals surface area contributed by atoms with Gasteiger partial charge in [0.2, 0.25) is 0 Å². The van der Waals surface area contributed by atoms with Crippen molar-refractivity contribution in [1.29, 1.82) is 0 Å². The van der Waals surface area contributed by atoms with Crippen molar-refractivity contribution in [3.63, 3.8) is 0 Å². The van der Waals surface area contributed by atoms with E-state index in [9.17, 15) is 4.79 Å². The van der Waals surface area contributed by atoms with Gasteiger partial charge in [-0.3, -0.25) is 10.1 Å². The SMILES string of the molecule is O=C(Nc1nnc(-c2ccco2)o1)c1cc2ccccc2o1. The number of carbonyl (C=O) groups excluding carboxylic acids is 1. The number of para-hydroxylation sites is 1. The molecule has 0 saturated carbocycles. The van der Waals surface area contributed by atoms with Crippen LogP contribution in [0.2, 0.25) is 0 Å². The second-order valence-electron chi connectivity index (χ2n) is 4.49. The predicted octanol–water partition coefficient (Wildman–Crippen LogP) is 3.33. The highest BCUT2D eigenvalue weighted by Gasteiger charge is 2.17. The summed E-state index contributed by atoms with van der Waals surface area (Å²) in [5.74, 6) is 0.312. The average Bonchev–Trinajstić information content (AvgIpc) is 3.26. The summed E-state index contributed by atoms with van der Waals surface area (Å²) in [5.41, 5.74) is 0.634. The van der Waals surface area contributed by atoms with E-state index in [0.717, 1.165) is 5.39 Å². The zero-order valence-electron chi connectivity index (χ0n) is 11.1. The molecular weight excluding hydrogens is 286 g/mol. The van der Waals surface area contributed by atoms with Crippen LogP contribution in [0.5, 0.6) is 0 Å². The highest BCUT2D eigenvalue weighted by molar-refractivity contribution is 6.03. The number of benzene rings is 1. The molecule has 108 valence electrons. The number of nitrogens with zero attached hydrogens (tertiary/aromatic N) is 2. The first-order valence-corrected chi connectivity index (χ1v) is 6.47. The molecule has 7 heteroatoms. The quantitative estimate of drug-likeness (QED) is 0.623. The van der Waals surface area contributed by atoms with Crippen molar-refractivity contribution in [2.24, 2.45) is 0 Å². The van der Waals surface area contributed by atoms with E-state index in [-0.39, 0.29) is 17.7 Å². The van der Waals surface area contributed by atoms with Crippen LogP contribution in [0.4, 0.5) is 6.01 Å². The Kier molecular flexibility index (Phi) is 2.75. The van der Waals surface area contributed by atoms with E-state index < -0.39 is 5.91 Å². The fourth-order valence-corrected chi connectivity index (χ4v) is 2.03. The van der Waals surface area contributed by atoms with E-state index >= 15 is 0 Å². The molecule has 0 aliphatic heterocycles. The smallest absolute Gasteiger partial charge is 0.323 e. The number of furan rings is 2. The third-order valence-corrected chi connectivity index (χ3v) is 3.03. The highest BCUT2D eigenvalue weighted by atomic mass is 16.4. The molecule has 0 fully saturated rings. The Hall–Kier alpha value is -3.35. The molecule has 0 spiro atoms. The van der Waals surface area contributed by atoms with Crippen LogP contribution in [-0.4, -0.2) is 16.1 Å². The van der Waals surface area contributed by atoms with Crippen LogP contribution >= 0.6 is 0 Å². The molecule has 0 aliphatic rings. The van der Waals surface area contributed by atoms with Crippen molar-refractivity contribution in [3.8, 4) is 11.7 Å². The summed E-state index contributed by atoms with van der Waals surface area (Å²) >= 11 is 0. The molecule has 0 aliphatic carbocycles. The summed E-state index contributed by atoms with van der Waals surface area (Å²) < 4.78 is 15.9. The van der Waals surface area contributed by atoms with Gasteiger partial charge < -0.3 is 13.3 Å². The van der Waals surface area contributed by atoms with Gasteiger partial charge in [-0.25, -0.2) is 0 Å². The first-order chi connectivity index (χ1) is 10.8. The normalized spacial score (nSPS) is 10.9. The number of aromatic nitrogens is 2. The molecule has 1 N–H and O–H groups in total. The Bertz CT molecular complexity index is 904. The van der Waals surface area contributed by atoms with Gasteiger partial charge in [0.1, 0.15) is 5.58 Å². The lowest BCUT2D eigenvalue weighted by atomic mass is 10.2. The molecule has 0 radical (unpaired) electrons. The summed E-state index contributed by atoms with van der Waals surface area (Å²) in [6.07, 6.45) is 1.49. The van der Waals surface area contributed by atoms with Crippen LogP contribution in [0.3, 0.4) is 0 Å². The van der Waals surface area contributed by atoms with Crippen LogP contribution in [-0.2, 0) is 0 Å². The molecule has 0 atom stereocenters. The number of nitrogens with one attached hydrogen (secondary N) is 1. The number of rotatable bonds is 3. The van der Waals surface area contributed by atoms with E-state index in [0.29, 0.717) is 11.3 Å². The van der Waals surface area contributed by atoms with Gasteiger partial charge in [0.05, 0.1) is 6.26 Å². The summed E-state index contributed by atoms with van der Waals surface area (Å²) in [6, 6.07) is 12.3. The number of carbonyl (C=O) groups is 1. The van der Waals surface area contributed by atoms with Gasteiger partial charge in [0.25, 0.3) is 11.8 Å². The van der Waals surface area contributed by atoms with Crippen molar-refractivity contribution in [2.45, 2.75) is 0 Å². The van der Waals surface area contributed by atoms with Crippen molar-refractivity contribution < 1.29 is 18.0 Å². The summed E-state index contributed by atoms with van der Waals surface area (Å²) in [7, 11) is 0. The maximum atomic E-state index is 12.1. The first kappa shape index (κ1) is 12.4. The van der Waals surface area contributed by atoms with Gasteiger partial charge in [-0.15, -0.1) is 5.10 Å². The number of fused-ring (bicyclic) bond motifs is 1. The topological polar surface area (TPSA) is 94.3 Å². The van der Waals surface area contributed by atoms with Crippen LogP contribution in [0.15, 0.2) is 62.0 Å². The zero-order valence-corrected chi connectivity index (χ0v) is 11.1. The molecule has 1 aromatic carbocycles. The second kappa shape index (κ2) is 4.88. The van der Waals surface area contributed by atoms with Crippen LogP contribution in [0.1, 0.15) is 10.6 Å². The molecule has 0 bridgehead atoms. The lowest BCUT2D eigenvalue weighted by Crippen LogP contribution is -2.10. The maximum absolute atomic E-state index is 12.1. The Morgan fingerprint density at radius 3 is 2.77 bits per heavy atom. The molecular formula is C15H9N3O4. The fraction of sp³-hybridized carbons (Fsp3) is 0. The monoisotopic (exact) mass is 295 g/mol. The van der Waals surface area contributed by atoms with E-state index in [4.69, 9.17) is 13.3 Å². The van der Waals surface area contributed by atoms with E-state index in [2.05, 4.69) is 15.5 Å². The number of amides is 1. The van der Waals surface area contributed by atoms with Crippen LogP contribution < -0.4 is 5.32 Å². The van der Waals surface area contributed by atoms with E-state index in [1.54, 1.807) is 24.3 Å². The van der Waals surface area contributed by atoms with Gasteiger partial charge in [-0.1, -0.05) is 23.3 Å². The highest BCUT2D eigenvalue weighted by Crippen LogP contribution is 2.22. The Balaban J connectivity index is 1.56. The lowest BCUT2D eigenvalue weighted by Gasteiger charge is -1.95. The molecule has 1 amide bonds. The maximum Gasteiger partial charge on any atom is 0.323 e. The van der Waals surface area contributed by atoms with Gasteiger partial charge in [0.15, 0.2) is 11.5 Å². The van der Waals surface area contributed by atoms with Crippen molar-refractivity contribution in [3.05, 3.63) is 54.5 Å². The second-order valence-corrected chi connectivity index (χ2v) is 4.49. The largest absolute Gasteiger partial charge is 0.459 e. The van der Waals surface area contributed by atoms with Crippen molar-refractivity contribution in [2.75, 3.05) is 5.32 Å². The number of anilines is 1. The lowest BCUT2D eigenvalue weighted by molar-refractivity contribution is 0.0996. The predicted molar refractivity (Wildman–Crippen MR) is 76.2 cm³/mol. The molecule has 4 aromatic rings. The molecule has 3 aromatic heterocycles. The standard InChI is InChI=1S/C15H9N3O4/c19-13(12-8-9-4-1-2-5-10(9)21-12)16-15-18-17-14(22-15)11-6-3-7-20-11/h1-8H,(H,16,18,19). The third kappa shape index (κ3) is 2.14. The van der Waals surface area contributed by atoms with E-state index in [1.807, 2.05) is 18.2 Å². The van der Waals surface area contributed by atoms with E-state index in [1.165, 1.54) is 6.26 Å². The summed E-state index contributed by atoms with van der Waals surface area (Å²) in [5, 5.41) is 10.9. The molecule has 7 nitrogen and oxygen atoms in total. The fourth-order valence-electron chi connectivity index (χ4n) is 2.03.